The fourth-order valence-corrected chi connectivity index (χ4v) is 3.46. The molecule has 0 aliphatic carbocycles. The van der Waals surface area contributed by atoms with Crippen LogP contribution in [0.2, 0.25) is 0 Å². The highest BCUT2D eigenvalue weighted by atomic mass is 16.5. The van der Waals surface area contributed by atoms with Crippen molar-refractivity contribution in [1.29, 1.82) is 0 Å². The van der Waals surface area contributed by atoms with Crippen LogP contribution in [0.3, 0.4) is 0 Å². The molecule has 0 fully saturated rings. The predicted octanol–water partition coefficient (Wildman–Crippen LogP) is 5.20. The first-order valence-electron chi connectivity index (χ1n) is 10.9. The Balaban J connectivity index is 1.35. The van der Waals surface area contributed by atoms with Crippen LogP contribution >= 0.6 is 0 Å². The van der Waals surface area contributed by atoms with E-state index in [9.17, 15) is 9.59 Å². The van der Waals surface area contributed by atoms with Gasteiger partial charge in [0.2, 0.25) is 5.91 Å². The van der Waals surface area contributed by atoms with Crippen LogP contribution in [-0.4, -0.2) is 32.1 Å². The number of benzene rings is 3. The maximum atomic E-state index is 12.6. The van der Waals surface area contributed by atoms with Crippen LogP contribution in [0.5, 0.6) is 5.75 Å². The molecule has 0 aliphatic heterocycles. The topological polar surface area (TPSA) is 89.8 Å². The van der Waals surface area contributed by atoms with E-state index in [2.05, 4.69) is 10.6 Å². The molecule has 4 rings (SSSR count). The average molecular weight is 459 g/mol. The average Bonchev–Trinajstić information content (AvgIpc) is 3.27. The predicted molar refractivity (Wildman–Crippen MR) is 131 cm³/mol. The zero-order valence-electron chi connectivity index (χ0n) is 19.1. The second-order valence-corrected chi connectivity index (χ2v) is 7.87. The number of fused-ring (bicyclic) bond motifs is 1. The molecule has 0 aliphatic rings. The molecule has 0 atom stereocenters. The molecule has 1 aromatic heterocycles. The van der Waals surface area contributed by atoms with Gasteiger partial charge in [0.15, 0.2) is 5.76 Å². The van der Waals surface area contributed by atoms with Gasteiger partial charge in [-0.1, -0.05) is 36.4 Å². The van der Waals surface area contributed by atoms with Crippen molar-refractivity contribution in [3.8, 4) is 5.75 Å². The van der Waals surface area contributed by atoms with Crippen LogP contribution < -0.4 is 15.4 Å². The summed E-state index contributed by atoms with van der Waals surface area (Å²) >= 11 is 0. The first-order chi connectivity index (χ1) is 16.5. The Labute approximate surface area is 197 Å². The summed E-state index contributed by atoms with van der Waals surface area (Å²) < 4.78 is 16.4. The van der Waals surface area contributed by atoms with Crippen molar-refractivity contribution < 1.29 is 23.5 Å². The zero-order chi connectivity index (χ0) is 23.9. The number of rotatable bonds is 9. The van der Waals surface area contributed by atoms with Gasteiger partial charge < -0.3 is 24.5 Å². The number of hydrogen-bond donors (Lipinski definition) is 2. The van der Waals surface area contributed by atoms with E-state index in [0.717, 1.165) is 16.5 Å². The van der Waals surface area contributed by atoms with Crippen molar-refractivity contribution >= 4 is 34.2 Å². The third-order valence-corrected chi connectivity index (χ3v) is 5.18. The minimum absolute atomic E-state index is 0.167. The van der Waals surface area contributed by atoms with E-state index in [-0.39, 0.29) is 24.0 Å². The number of hydrogen-bond acceptors (Lipinski definition) is 5. The largest absolute Gasteiger partial charge is 0.489 e. The number of methoxy groups -OCH3 is 1. The Kier molecular flexibility index (Phi) is 7.25. The van der Waals surface area contributed by atoms with Crippen LogP contribution in [0.15, 0.2) is 77.2 Å². The van der Waals surface area contributed by atoms with Crippen LogP contribution in [0.1, 0.15) is 21.7 Å². The number of carbonyl (C=O) groups is 2. The van der Waals surface area contributed by atoms with E-state index in [1.165, 1.54) is 0 Å². The van der Waals surface area contributed by atoms with E-state index >= 15 is 0 Å². The monoisotopic (exact) mass is 458 g/mol. The lowest BCUT2D eigenvalue weighted by atomic mass is 10.1. The number of amides is 2. The third kappa shape index (κ3) is 5.82. The summed E-state index contributed by atoms with van der Waals surface area (Å²) in [5, 5.41) is 6.59. The van der Waals surface area contributed by atoms with Crippen LogP contribution in [0, 0.1) is 6.92 Å². The Morgan fingerprint density at radius 1 is 0.912 bits per heavy atom. The Hall–Kier alpha value is -4.10. The number of carbonyl (C=O) groups excluding carboxylic acids is 2. The maximum absolute atomic E-state index is 12.6. The highest BCUT2D eigenvalue weighted by Crippen LogP contribution is 2.26. The number of para-hydroxylation sites is 1. The number of furan rings is 1. The Morgan fingerprint density at radius 3 is 2.47 bits per heavy atom. The quantitative estimate of drug-likeness (QED) is 0.337. The van der Waals surface area contributed by atoms with Crippen molar-refractivity contribution in [2.75, 3.05) is 31.0 Å². The molecule has 0 bridgehead atoms. The maximum Gasteiger partial charge on any atom is 0.291 e. The SMILES string of the molecule is COCCOc1cc(C)ccc1NC(=O)Cc1ccc(NC(=O)c2cc3ccccc3o2)cc1. The standard InChI is InChI=1S/C27H26N2O5/c1-18-7-12-22(24(15-18)33-14-13-32-2)29-26(30)16-19-8-10-21(11-9-19)28-27(31)25-17-20-5-3-4-6-23(20)34-25/h3-12,15,17H,13-14,16H2,1-2H3,(H,28,31)(H,29,30). The van der Waals surface area contributed by atoms with Crippen molar-refractivity contribution in [1.82, 2.24) is 0 Å². The fourth-order valence-electron chi connectivity index (χ4n) is 3.46. The molecule has 2 N–H and O–H groups in total. The molecule has 7 nitrogen and oxygen atoms in total. The third-order valence-electron chi connectivity index (χ3n) is 5.18. The van der Waals surface area contributed by atoms with Gasteiger partial charge in [0.05, 0.1) is 18.7 Å². The van der Waals surface area contributed by atoms with Gasteiger partial charge in [0, 0.05) is 18.2 Å². The molecule has 174 valence electrons. The molecule has 1 heterocycles. The number of aryl methyl sites for hydroxylation is 1. The summed E-state index contributed by atoms with van der Waals surface area (Å²) in [6.07, 6.45) is 0.184. The molecule has 0 spiro atoms. The van der Waals surface area contributed by atoms with Gasteiger partial charge in [0.25, 0.3) is 5.91 Å². The van der Waals surface area contributed by atoms with Gasteiger partial charge in [-0.3, -0.25) is 9.59 Å². The summed E-state index contributed by atoms with van der Waals surface area (Å²) in [5.41, 5.74) is 3.73. The lowest BCUT2D eigenvalue weighted by Crippen LogP contribution is -2.16. The molecule has 3 aromatic carbocycles. The summed E-state index contributed by atoms with van der Waals surface area (Å²) in [4.78, 5) is 25.1. The van der Waals surface area contributed by atoms with Crippen LogP contribution in [0.25, 0.3) is 11.0 Å². The lowest BCUT2D eigenvalue weighted by Gasteiger charge is -2.13. The molecule has 4 aromatic rings. The first kappa shape index (κ1) is 23.1. The number of ether oxygens (including phenoxy) is 2. The van der Waals surface area contributed by atoms with Gasteiger partial charge in [-0.25, -0.2) is 0 Å². The van der Waals surface area contributed by atoms with Crippen molar-refractivity contribution in [3.63, 3.8) is 0 Å². The summed E-state index contributed by atoms with van der Waals surface area (Å²) in [5.74, 6) is 0.349. The second-order valence-electron chi connectivity index (χ2n) is 7.87. The first-order valence-corrected chi connectivity index (χ1v) is 10.9. The highest BCUT2D eigenvalue weighted by molar-refractivity contribution is 6.04. The van der Waals surface area contributed by atoms with E-state index in [1.54, 1.807) is 37.4 Å². The molecule has 0 unspecified atom stereocenters. The summed E-state index contributed by atoms with van der Waals surface area (Å²) in [7, 11) is 1.61. The minimum atomic E-state index is -0.331. The van der Waals surface area contributed by atoms with Gasteiger partial charge >= 0.3 is 0 Å². The molecular formula is C27H26N2O5. The smallest absolute Gasteiger partial charge is 0.291 e. The normalized spacial score (nSPS) is 10.8. The van der Waals surface area contributed by atoms with Gasteiger partial charge in [-0.2, -0.15) is 0 Å². The molecular weight excluding hydrogens is 432 g/mol. The summed E-state index contributed by atoms with van der Waals surface area (Å²) in [6.45, 7) is 2.81. The van der Waals surface area contributed by atoms with Crippen LogP contribution in [0.4, 0.5) is 11.4 Å². The minimum Gasteiger partial charge on any atom is -0.489 e. The van der Waals surface area contributed by atoms with E-state index < -0.39 is 0 Å². The zero-order valence-corrected chi connectivity index (χ0v) is 19.1. The Morgan fingerprint density at radius 2 is 1.71 bits per heavy atom. The molecule has 0 radical (unpaired) electrons. The number of anilines is 2. The van der Waals surface area contributed by atoms with Crippen molar-refractivity contribution in [2.24, 2.45) is 0 Å². The fraction of sp³-hybridized carbons (Fsp3) is 0.185. The van der Waals surface area contributed by atoms with Gasteiger partial charge in [0.1, 0.15) is 17.9 Å². The summed E-state index contributed by atoms with van der Waals surface area (Å²) in [6, 6.07) is 21.9. The van der Waals surface area contributed by atoms with Gasteiger partial charge in [-0.15, -0.1) is 0 Å². The van der Waals surface area contributed by atoms with E-state index in [4.69, 9.17) is 13.9 Å². The molecule has 0 saturated heterocycles. The molecule has 7 heteroatoms. The van der Waals surface area contributed by atoms with Crippen LogP contribution in [-0.2, 0) is 16.0 Å². The van der Waals surface area contributed by atoms with E-state index in [0.29, 0.717) is 35.9 Å². The molecule has 34 heavy (non-hydrogen) atoms. The number of nitrogens with one attached hydrogen (secondary N) is 2. The molecule has 2 amide bonds. The lowest BCUT2D eigenvalue weighted by molar-refractivity contribution is -0.115. The highest BCUT2D eigenvalue weighted by Gasteiger charge is 2.13. The van der Waals surface area contributed by atoms with E-state index in [1.807, 2.05) is 49.4 Å². The van der Waals surface area contributed by atoms with Crippen molar-refractivity contribution in [2.45, 2.75) is 13.3 Å². The second kappa shape index (κ2) is 10.7. The Bertz CT molecular complexity index is 1260. The van der Waals surface area contributed by atoms with Gasteiger partial charge in [-0.05, 0) is 54.4 Å². The van der Waals surface area contributed by atoms with Crippen molar-refractivity contribution in [3.05, 3.63) is 89.7 Å². The molecule has 0 saturated carbocycles.